The Bertz CT molecular complexity index is 428. The third kappa shape index (κ3) is 4.76. The molecule has 0 aromatic heterocycles. The van der Waals surface area contributed by atoms with Crippen molar-refractivity contribution in [1.82, 2.24) is 5.32 Å². The largest absolute Gasteiger partial charge is 0.490 e. The number of carbonyl (C=O) groups is 1. The number of amides is 1. The van der Waals surface area contributed by atoms with Crippen molar-refractivity contribution < 1.29 is 9.53 Å². The second-order valence-corrected chi connectivity index (χ2v) is 5.44. The molecule has 0 heterocycles. The number of nitrogens with one attached hydrogen (secondary N) is 1. The summed E-state index contributed by atoms with van der Waals surface area (Å²) in [6, 6.07) is 7.39. The third-order valence-corrected chi connectivity index (χ3v) is 3.80. The molecule has 0 aliphatic heterocycles. The summed E-state index contributed by atoms with van der Waals surface area (Å²) in [7, 11) is 0. The summed E-state index contributed by atoms with van der Waals surface area (Å²) in [5, 5.41) is 2.91. The Hall–Kier alpha value is -1.71. The highest BCUT2D eigenvalue weighted by molar-refractivity contribution is 5.76. The molecule has 0 saturated heterocycles. The highest BCUT2D eigenvalue weighted by Gasteiger charge is 2.16. The molecule has 0 atom stereocenters. The zero-order valence-corrected chi connectivity index (χ0v) is 11.9. The Morgan fingerprint density at radius 1 is 1.25 bits per heavy atom. The minimum Gasteiger partial charge on any atom is -0.490 e. The second kappa shape index (κ2) is 7.78. The summed E-state index contributed by atoms with van der Waals surface area (Å²) in [4.78, 5) is 11.8. The summed E-state index contributed by atoms with van der Waals surface area (Å²) in [5.74, 6) is 1.39. The topological polar surface area (TPSA) is 64.3 Å². The Labute approximate surface area is 120 Å². The summed E-state index contributed by atoms with van der Waals surface area (Å²) < 4.78 is 5.54. The number of nitrogen functional groups attached to an aromatic ring is 1. The van der Waals surface area contributed by atoms with Crippen LogP contribution in [0, 0.1) is 5.92 Å². The van der Waals surface area contributed by atoms with Gasteiger partial charge in [0.15, 0.2) is 0 Å². The van der Waals surface area contributed by atoms with Crippen molar-refractivity contribution in [2.75, 3.05) is 18.9 Å². The van der Waals surface area contributed by atoms with Gasteiger partial charge in [-0.3, -0.25) is 4.79 Å². The first-order valence-electron chi connectivity index (χ1n) is 7.49. The van der Waals surface area contributed by atoms with Gasteiger partial charge in [0.25, 0.3) is 0 Å². The van der Waals surface area contributed by atoms with Crippen LogP contribution in [0.5, 0.6) is 5.75 Å². The summed E-state index contributed by atoms with van der Waals surface area (Å²) >= 11 is 0. The van der Waals surface area contributed by atoms with Gasteiger partial charge in [-0.1, -0.05) is 31.4 Å². The lowest BCUT2D eigenvalue weighted by molar-refractivity contribution is -0.122. The molecule has 0 spiro atoms. The van der Waals surface area contributed by atoms with E-state index in [1.807, 2.05) is 18.2 Å². The monoisotopic (exact) mass is 276 g/mol. The van der Waals surface area contributed by atoms with Crippen LogP contribution in [0.2, 0.25) is 0 Å². The lowest BCUT2D eigenvalue weighted by Crippen LogP contribution is -2.30. The molecule has 0 bridgehead atoms. The molecule has 1 aromatic rings. The summed E-state index contributed by atoms with van der Waals surface area (Å²) in [5.41, 5.74) is 6.40. The van der Waals surface area contributed by atoms with E-state index >= 15 is 0 Å². The van der Waals surface area contributed by atoms with Crippen molar-refractivity contribution >= 4 is 11.6 Å². The third-order valence-electron chi connectivity index (χ3n) is 3.80. The molecule has 110 valence electrons. The fourth-order valence-electron chi connectivity index (χ4n) is 2.69. The van der Waals surface area contributed by atoms with Crippen molar-refractivity contribution in [2.45, 2.75) is 38.5 Å². The number of ether oxygens (including phenoxy) is 1. The lowest BCUT2D eigenvalue weighted by atomic mass is 9.87. The number of nitrogens with two attached hydrogens (primary N) is 1. The van der Waals surface area contributed by atoms with E-state index in [9.17, 15) is 4.79 Å². The Morgan fingerprint density at radius 2 is 2.00 bits per heavy atom. The minimum absolute atomic E-state index is 0.140. The van der Waals surface area contributed by atoms with Gasteiger partial charge in [0.2, 0.25) is 5.91 Å². The fraction of sp³-hybridized carbons (Fsp3) is 0.562. The maximum absolute atomic E-state index is 11.8. The van der Waals surface area contributed by atoms with Crippen LogP contribution in [0.15, 0.2) is 24.3 Å². The maximum Gasteiger partial charge on any atom is 0.220 e. The second-order valence-electron chi connectivity index (χ2n) is 5.44. The molecule has 20 heavy (non-hydrogen) atoms. The van der Waals surface area contributed by atoms with E-state index in [1.165, 1.54) is 32.1 Å². The number of hydrogen-bond acceptors (Lipinski definition) is 3. The Morgan fingerprint density at radius 3 is 2.75 bits per heavy atom. The number of rotatable bonds is 6. The molecular weight excluding hydrogens is 252 g/mol. The highest BCUT2D eigenvalue weighted by Crippen LogP contribution is 2.26. The van der Waals surface area contributed by atoms with Crippen LogP contribution in [0.1, 0.15) is 38.5 Å². The van der Waals surface area contributed by atoms with Crippen molar-refractivity contribution in [1.29, 1.82) is 0 Å². The van der Waals surface area contributed by atoms with Gasteiger partial charge < -0.3 is 15.8 Å². The summed E-state index contributed by atoms with van der Waals surface area (Å²) in [6.07, 6.45) is 6.93. The van der Waals surface area contributed by atoms with E-state index in [4.69, 9.17) is 10.5 Å². The zero-order chi connectivity index (χ0) is 14.2. The molecular formula is C16H24N2O2. The van der Waals surface area contributed by atoms with E-state index < -0.39 is 0 Å². The van der Waals surface area contributed by atoms with Crippen LogP contribution < -0.4 is 15.8 Å². The molecule has 3 N–H and O–H groups in total. The zero-order valence-electron chi connectivity index (χ0n) is 11.9. The minimum atomic E-state index is 0.140. The quantitative estimate of drug-likeness (QED) is 0.620. The number of benzene rings is 1. The van der Waals surface area contributed by atoms with Crippen LogP contribution in [-0.2, 0) is 4.79 Å². The van der Waals surface area contributed by atoms with Crippen LogP contribution in [-0.4, -0.2) is 19.1 Å². The van der Waals surface area contributed by atoms with Gasteiger partial charge in [0.05, 0.1) is 12.2 Å². The smallest absolute Gasteiger partial charge is 0.220 e. The van der Waals surface area contributed by atoms with E-state index in [0.717, 1.165) is 0 Å². The number of para-hydroxylation sites is 2. The highest BCUT2D eigenvalue weighted by atomic mass is 16.5. The Balaban J connectivity index is 1.60. The average Bonchev–Trinajstić information content (AvgIpc) is 2.46. The van der Waals surface area contributed by atoms with Crippen LogP contribution in [0.3, 0.4) is 0 Å². The van der Waals surface area contributed by atoms with E-state index in [1.54, 1.807) is 6.07 Å². The standard InChI is InChI=1S/C16H24N2O2/c17-14-8-4-5-9-15(14)20-11-10-18-16(19)12-13-6-2-1-3-7-13/h4-5,8-9,13H,1-3,6-7,10-12,17H2,(H,18,19). The van der Waals surface area contributed by atoms with Gasteiger partial charge in [-0.05, 0) is 30.9 Å². The van der Waals surface area contributed by atoms with Gasteiger partial charge >= 0.3 is 0 Å². The predicted molar refractivity (Wildman–Crippen MR) is 80.6 cm³/mol. The van der Waals surface area contributed by atoms with E-state index in [0.29, 0.717) is 36.9 Å². The fourth-order valence-corrected chi connectivity index (χ4v) is 2.69. The molecule has 1 aliphatic rings. The molecule has 2 rings (SSSR count). The molecule has 1 fully saturated rings. The Kier molecular flexibility index (Phi) is 5.71. The van der Waals surface area contributed by atoms with Gasteiger partial charge in [-0.2, -0.15) is 0 Å². The molecule has 1 saturated carbocycles. The van der Waals surface area contributed by atoms with Gasteiger partial charge in [-0.15, -0.1) is 0 Å². The van der Waals surface area contributed by atoms with Crippen LogP contribution in [0.4, 0.5) is 5.69 Å². The van der Waals surface area contributed by atoms with E-state index in [-0.39, 0.29) is 5.91 Å². The predicted octanol–water partition coefficient (Wildman–Crippen LogP) is 2.73. The van der Waals surface area contributed by atoms with Gasteiger partial charge in [0.1, 0.15) is 12.4 Å². The van der Waals surface area contributed by atoms with Crippen LogP contribution >= 0.6 is 0 Å². The normalized spacial score (nSPS) is 15.8. The first kappa shape index (κ1) is 14.7. The molecule has 0 radical (unpaired) electrons. The van der Waals surface area contributed by atoms with E-state index in [2.05, 4.69) is 5.32 Å². The first-order chi connectivity index (χ1) is 9.75. The first-order valence-corrected chi connectivity index (χ1v) is 7.49. The summed E-state index contributed by atoms with van der Waals surface area (Å²) in [6.45, 7) is 0.977. The van der Waals surface area contributed by atoms with Crippen LogP contribution in [0.25, 0.3) is 0 Å². The number of anilines is 1. The van der Waals surface area contributed by atoms with Crippen molar-refractivity contribution in [3.05, 3.63) is 24.3 Å². The molecule has 0 unspecified atom stereocenters. The molecule has 1 aromatic carbocycles. The number of carbonyl (C=O) groups excluding carboxylic acids is 1. The van der Waals surface area contributed by atoms with Crippen molar-refractivity contribution in [3.8, 4) is 5.75 Å². The number of hydrogen-bond donors (Lipinski definition) is 2. The average molecular weight is 276 g/mol. The molecule has 1 amide bonds. The van der Waals surface area contributed by atoms with Crippen molar-refractivity contribution in [2.24, 2.45) is 5.92 Å². The molecule has 4 nitrogen and oxygen atoms in total. The maximum atomic E-state index is 11.8. The lowest BCUT2D eigenvalue weighted by Gasteiger charge is -2.20. The van der Waals surface area contributed by atoms with Gasteiger partial charge in [-0.25, -0.2) is 0 Å². The SMILES string of the molecule is Nc1ccccc1OCCNC(=O)CC1CCCCC1. The van der Waals surface area contributed by atoms with Gasteiger partial charge in [0, 0.05) is 6.42 Å². The molecule has 4 heteroatoms. The van der Waals surface area contributed by atoms with Crippen molar-refractivity contribution in [3.63, 3.8) is 0 Å². The molecule has 1 aliphatic carbocycles.